The molecule has 0 aromatic heterocycles. The predicted octanol–water partition coefficient (Wildman–Crippen LogP) is 2.94. The molecule has 0 heterocycles. The van der Waals surface area contributed by atoms with E-state index < -0.39 is 12.1 Å². The molecule has 2 aromatic rings. The SMILES string of the molecule is NC(=O)N[C@@H](Cc1ccccc1)C(=O)NCCSc1ccc(Br)cc1. The molecule has 1 atom stereocenters. The van der Waals surface area contributed by atoms with Gasteiger partial charge in [0.2, 0.25) is 5.91 Å². The number of carbonyl (C=O) groups is 2. The van der Waals surface area contributed by atoms with E-state index in [0.717, 1.165) is 20.7 Å². The van der Waals surface area contributed by atoms with Gasteiger partial charge in [-0.3, -0.25) is 4.79 Å². The monoisotopic (exact) mass is 421 g/mol. The van der Waals surface area contributed by atoms with Crippen molar-refractivity contribution in [2.24, 2.45) is 5.73 Å². The van der Waals surface area contributed by atoms with Crippen LogP contribution in [0.15, 0.2) is 64.0 Å². The molecule has 4 N–H and O–H groups in total. The zero-order valence-corrected chi connectivity index (χ0v) is 16.0. The van der Waals surface area contributed by atoms with Crippen molar-refractivity contribution >= 4 is 39.6 Å². The Morgan fingerprint density at radius 2 is 1.76 bits per heavy atom. The van der Waals surface area contributed by atoms with Gasteiger partial charge in [-0.05, 0) is 29.8 Å². The fourth-order valence-electron chi connectivity index (χ4n) is 2.23. The van der Waals surface area contributed by atoms with E-state index in [4.69, 9.17) is 5.73 Å². The van der Waals surface area contributed by atoms with Crippen molar-refractivity contribution in [1.82, 2.24) is 10.6 Å². The first-order chi connectivity index (χ1) is 12.0. The highest BCUT2D eigenvalue weighted by molar-refractivity contribution is 9.10. The maximum absolute atomic E-state index is 12.3. The van der Waals surface area contributed by atoms with Crippen LogP contribution in [0.2, 0.25) is 0 Å². The van der Waals surface area contributed by atoms with Crippen LogP contribution in [0.1, 0.15) is 5.56 Å². The van der Waals surface area contributed by atoms with E-state index in [1.807, 2.05) is 54.6 Å². The van der Waals surface area contributed by atoms with Gasteiger partial charge in [0, 0.05) is 28.1 Å². The third-order valence-electron chi connectivity index (χ3n) is 3.40. The van der Waals surface area contributed by atoms with Crippen molar-refractivity contribution in [2.45, 2.75) is 17.4 Å². The molecule has 25 heavy (non-hydrogen) atoms. The standard InChI is InChI=1S/C18H20BrN3O2S/c19-14-6-8-15(9-7-14)25-11-10-21-17(23)16(22-18(20)24)12-13-4-2-1-3-5-13/h1-9,16H,10-12H2,(H,21,23)(H3,20,22,24)/t16-/m0/s1. The lowest BCUT2D eigenvalue weighted by Gasteiger charge is -2.17. The van der Waals surface area contributed by atoms with Crippen molar-refractivity contribution in [1.29, 1.82) is 0 Å². The molecule has 0 fully saturated rings. The minimum Gasteiger partial charge on any atom is -0.353 e. The van der Waals surface area contributed by atoms with E-state index in [9.17, 15) is 9.59 Å². The molecule has 2 rings (SSSR count). The summed E-state index contributed by atoms with van der Waals surface area (Å²) in [5.74, 6) is 0.501. The second-order valence-corrected chi connectivity index (χ2v) is 7.43. The molecule has 5 nitrogen and oxygen atoms in total. The maximum atomic E-state index is 12.3. The molecule has 0 bridgehead atoms. The van der Waals surface area contributed by atoms with Crippen molar-refractivity contribution in [3.05, 3.63) is 64.6 Å². The molecule has 0 radical (unpaired) electrons. The molecular weight excluding hydrogens is 402 g/mol. The number of amides is 3. The number of urea groups is 1. The van der Waals surface area contributed by atoms with Crippen LogP contribution < -0.4 is 16.4 Å². The van der Waals surface area contributed by atoms with Crippen molar-refractivity contribution in [3.8, 4) is 0 Å². The highest BCUT2D eigenvalue weighted by Gasteiger charge is 2.19. The molecule has 7 heteroatoms. The Morgan fingerprint density at radius 1 is 1.08 bits per heavy atom. The Morgan fingerprint density at radius 3 is 2.40 bits per heavy atom. The second-order valence-electron chi connectivity index (χ2n) is 5.34. The van der Waals surface area contributed by atoms with Gasteiger partial charge in [0.25, 0.3) is 0 Å². The fraction of sp³-hybridized carbons (Fsp3) is 0.222. The molecule has 0 aliphatic rings. The minimum absolute atomic E-state index is 0.237. The molecule has 0 aliphatic carbocycles. The van der Waals surface area contributed by atoms with E-state index in [2.05, 4.69) is 26.6 Å². The molecule has 2 aromatic carbocycles. The van der Waals surface area contributed by atoms with E-state index in [1.165, 1.54) is 0 Å². The molecule has 0 aliphatic heterocycles. The Hall–Kier alpha value is -1.99. The molecule has 0 saturated heterocycles. The topological polar surface area (TPSA) is 84.2 Å². The molecular formula is C18H20BrN3O2S. The maximum Gasteiger partial charge on any atom is 0.312 e. The van der Waals surface area contributed by atoms with Gasteiger partial charge in [-0.2, -0.15) is 0 Å². The summed E-state index contributed by atoms with van der Waals surface area (Å²) in [4.78, 5) is 24.6. The number of halogens is 1. The number of hydrogen-bond donors (Lipinski definition) is 3. The van der Waals surface area contributed by atoms with Crippen molar-refractivity contribution < 1.29 is 9.59 Å². The number of benzene rings is 2. The van der Waals surface area contributed by atoms with E-state index in [0.29, 0.717) is 13.0 Å². The Kier molecular flexibility index (Phi) is 7.81. The number of rotatable bonds is 8. The minimum atomic E-state index is -0.708. The van der Waals surface area contributed by atoms with Gasteiger partial charge in [-0.1, -0.05) is 46.3 Å². The van der Waals surface area contributed by atoms with Crippen LogP contribution in [-0.4, -0.2) is 30.3 Å². The quantitative estimate of drug-likeness (QED) is 0.452. The molecule has 0 spiro atoms. The number of nitrogens with one attached hydrogen (secondary N) is 2. The first-order valence-electron chi connectivity index (χ1n) is 7.80. The summed E-state index contributed by atoms with van der Waals surface area (Å²) >= 11 is 5.05. The first kappa shape index (κ1) is 19.3. The summed E-state index contributed by atoms with van der Waals surface area (Å²) < 4.78 is 1.03. The zero-order valence-electron chi connectivity index (χ0n) is 13.6. The summed E-state index contributed by atoms with van der Waals surface area (Å²) in [6.45, 7) is 0.505. The van der Waals surface area contributed by atoms with Crippen LogP contribution in [0.5, 0.6) is 0 Å². The smallest absolute Gasteiger partial charge is 0.312 e. The van der Waals surface area contributed by atoms with Crippen LogP contribution in [0, 0.1) is 0 Å². The third-order valence-corrected chi connectivity index (χ3v) is 4.94. The third kappa shape index (κ3) is 7.19. The number of thioether (sulfide) groups is 1. The van der Waals surface area contributed by atoms with Crippen molar-refractivity contribution in [3.63, 3.8) is 0 Å². The van der Waals surface area contributed by atoms with Gasteiger partial charge in [0.15, 0.2) is 0 Å². The average Bonchev–Trinajstić information content (AvgIpc) is 2.60. The lowest BCUT2D eigenvalue weighted by molar-refractivity contribution is -0.122. The normalized spacial score (nSPS) is 11.6. The Labute approximate surface area is 159 Å². The average molecular weight is 422 g/mol. The molecule has 3 amide bonds. The number of primary amides is 1. The van der Waals surface area contributed by atoms with E-state index >= 15 is 0 Å². The lowest BCUT2D eigenvalue weighted by atomic mass is 10.1. The molecule has 0 saturated carbocycles. The summed E-state index contributed by atoms with van der Waals surface area (Å²) in [5, 5.41) is 5.36. The number of hydrogen-bond acceptors (Lipinski definition) is 3. The van der Waals surface area contributed by atoms with Crippen LogP contribution in [0.4, 0.5) is 4.79 Å². The summed E-state index contributed by atoms with van der Waals surface area (Å²) in [7, 11) is 0. The van der Waals surface area contributed by atoms with Crippen LogP contribution >= 0.6 is 27.7 Å². The number of carbonyl (C=O) groups excluding carboxylic acids is 2. The first-order valence-corrected chi connectivity index (χ1v) is 9.58. The van der Waals surface area contributed by atoms with Crippen LogP contribution in [0.3, 0.4) is 0 Å². The second kappa shape index (κ2) is 10.1. The zero-order chi connectivity index (χ0) is 18.1. The number of nitrogens with two attached hydrogens (primary N) is 1. The largest absolute Gasteiger partial charge is 0.353 e. The Bertz CT molecular complexity index is 695. The fourth-order valence-corrected chi connectivity index (χ4v) is 3.26. The predicted molar refractivity (Wildman–Crippen MR) is 105 cm³/mol. The van der Waals surface area contributed by atoms with Crippen LogP contribution in [-0.2, 0) is 11.2 Å². The Balaban J connectivity index is 1.82. The van der Waals surface area contributed by atoms with Gasteiger partial charge in [0.05, 0.1) is 0 Å². The van der Waals surface area contributed by atoms with Gasteiger partial charge in [-0.25, -0.2) is 4.79 Å². The molecule has 0 unspecified atom stereocenters. The van der Waals surface area contributed by atoms with E-state index in [1.54, 1.807) is 11.8 Å². The van der Waals surface area contributed by atoms with Gasteiger partial charge in [0.1, 0.15) is 6.04 Å². The summed E-state index contributed by atoms with van der Waals surface area (Å²) in [6.07, 6.45) is 0.398. The van der Waals surface area contributed by atoms with E-state index in [-0.39, 0.29) is 5.91 Å². The lowest BCUT2D eigenvalue weighted by Crippen LogP contribution is -2.50. The van der Waals surface area contributed by atoms with Gasteiger partial charge < -0.3 is 16.4 Å². The molecule has 132 valence electrons. The van der Waals surface area contributed by atoms with Gasteiger partial charge in [-0.15, -0.1) is 11.8 Å². The van der Waals surface area contributed by atoms with Gasteiger partial charge >= 0.3 is 6.03 Å². The van der Waals surface area contributed by atoms with Crippen LogP contribution in [0.25, 0.3) is 0 Å². The summed E-state index contributed by atoms with van der Waals surface area (Å²) in [6, 6.07) is 16.1. The highest BCUT2D eigenvalue weighted by atomic mass is 79.9. The highest BCUT2D eigenvalue weighted by Crippen LogP contribution is 2.19. The van der Waals surface area contributed by atoms with Crippen molar-refractivity contribution in [2.75, 3.05) is 12.3 Å². The summed E-state index contributed by atoms with van der Waals surface area (Å²) in [5.41, 5.74) is 6.15.